The molecule has 0 atom stereocenters. The Labute approximate surface area is 88.9 Å². The van der Waals surface area contributed by atoms with E-state index in [0.29, 0.717) is 5.56 Å². The summed E-state index contributed by atoms with van der Waals surface area (Å²) < 4.78 is 26.7. The molecule has 0 aliphatic carbocycles. The first kappa shape index (κ1) is 11.7. The van der Waals surface area contributed by atoms with Crippen molar-refractivity contribution in [3.05, 3.63) is 35.2 Å². The molecule has 0 aromatic heterocycles. The number of phenols is 1. The van der Waals surface area contributed by atoms with Gasteiger partial charge >= 0.3 is 0 Å². The van der Waals surface area contributed by atoms with Crippen molar-refractivity contribution in [1.29, 1.82) is 0 Å². The van der Waals surface area contributed by atoms with Crippen molar-refractivity contribution in [2.75, 3.05) is 6.61 Å². The monoisotopic (exact) mass is 228 g/mol. The molecular formula is C10H12O4S. The fraction of sp³-hybridized carbons (Fsp3) is 0.200. The van der Waals surface area contributed by atoms with Gasteiger partial charge in [0.05, 0.1) is 12.0 Å². The smallest absolute Gasteiger partial charge is 0.290 e. The number of rotatable bonds is 4. The summed E-state index contributed by atoms with van der Waals surface area (Å²) in [7, 11) is -3.58. The molecule has 1 N–H and O–H groups in total. The Balaban J connectivity index is 2.78. The third-order valence-electron chi connectivity index (χ3n) is 1.60. The van der Waals surface area contributed by atoms with E-state index in [-0.39, 0.29) is 12.4 Å². The first-order chi connectivity index (χ1) is 7.03. The molecule has 0 fully saturated rings. The molecule has 0 spiro atoms. The van der Waals surface area contributed by atoms with Gasteiger partial charge in [0.2, 0.25) is 0 Å². The van der Waals surface area contributed by atoms with Crippen LogP contribution in [0, 0.1) is 0 Å². The molecule has 0 bridgehead atoms. The van der Waals surface area contributed by atoms with Crippen LogP contribution in [0.4, 0.5) is 0 Å². The highest BCUT2D eigenvalue weighted by molar-refractivity contribution is 7.89. The first-order valence-electron chi connectivity index (χ1n) is 4.40. The summed E-state index contributed by atoms with van der Waals surface area (Å²) in [5, 5.41) is 9.99. The summed E-state index contributed by atoms with van der Waals surface area (Å²) in [5.74, 6) is 0.139. The second-order valence-corrected chi connectivity index (χ2v) is 4.29. The van der Waals surface area contributed by atoms with Crippen LogP contribution in [0.1, 0.15) is 12.5 Å². The van der Waals surface area contributed by atoms with Gasteiger partial charge in [0.25, 0.3) is 10.1 Å². The second kappa shape index (κ2) is 4.95. The van der Waals surface area contributed by atoms with Crippen molar-refractivity contribution in [2.45, 2.75) is 6.92 Å². The molecule has 15 heavy (non-hydrogen) atoms. The Bertz CT molecular complexity index is 431. The molecule has 0 heterocycles. The van der Waals surface area contributed by atoms with Gasteiger partial charge in [-0.15, -0.1) is 0 Å². The van der Waals surface area contributed by atoms with Crippen LogP contribution in [0.2, 0.25) is 0 Å². The normalized spacial score (nSPS) is 12.1. The van der Waals surface area contributed by atoms with Crippen LogP contribution in [0.25, 0.3) is 6.08 Å². The van der Waals surface area contributed by atoms with Crippen molar-refractivity contribution in [2.24, 2.45) is 0 Å². The standard InChI is InChI=1S/C10H12O4S/c1-2-14-15(12,13)8-7-9-3-5-10(11)6-4-9/h3-8,11H,2H2,1H3/b8-7+. The van der Waals surface area contributed by atoms with Gasteiger partial charge in [-0.3, -0.25) is 4.18 Å². The van der Waals surface area contributed by atoms with Crippen LogP contribution in [0.5, 0.6) is 5.75 Å². The average Bonchev–Trinajstić information content (AvgIpc) is 2.17. The zero-order valence-electron chi connectivity index (χ0n) is 8.25. The van der Waals surface area contributed by atoms with Crippen LogP contribution >= 0.6 is 0 Å². The van der Waals surface area contributed by atoms with Crippen LogP contribution in [0.3, 0.4) is 0 Å². The number of hydrogen-bond acceptors (Lipinski definition) is 4. The third kappa shape index (κ3) is 4.14. The number of benzene rings is 1. The van der Waals surface area contributed by atoms with Gasteiger partial charge in [-0.05, 0) is 30.7 Å². The van der Waals surface area contributed by atoms with Crippen LogP contribution in [-0.2, 0) is 14.3 Å². The van der Waals surface area contributed by atoms with Gasteiger partial charge in [-0.25, -0.2) is 0 Å². The Morgan fingerprint density at radius 3 is 2.47 bits per heavy atom. The fourth-order valence-corrected chi connectivity index (χ4v) is 1.68. The molecule has 0 saturated heterocycles. The van der Waals surface area contributed by atoms with E-state index in [1.54, 1.807) is 19.1 Å². The average molecular weight is 228 g/mol. The summed E-state index contributed by atoms with van der Waals surface area (Å²) in [5.41, 5.74) is 0.677. The quantitative estimate of drug-likeness (QED) is 0.797. The molecule has 0 amide bonds. The van der Waals surface area contributed by atoms with Gasteiger partial charge in [0.15, 0.2) is 0 Å². The molecule has 82 valence electrons. The lowest BCUT2D eigenvalue weighted by Gasteiger charge is -1.96. The van der Waals surface area contributed by atoms with E-state index in [1.165, 1.54) is 18.2 Å². The Morgan fingerprint density at radius 1 is 1.33 bits per heavy atom. The summed E-state index contributed by atoms with van der Waals surface area (Å²) in [6.07, 6.45) is 1.41. The molecule has 0 radical (unpaired) electrons. The van der Waals surface area contributed by atoms with Gasteiger partial charge in [-0.1, -0.05) is 12.1 Å². The maximum atomic E-state index is 11.1. The summed E-state index contributed by atoms with van der Waals surface area (Å²) >= 11 is 0. The van der Waals surface area contributed by atoms with Crippen molar-refractivity contribution in [3.8, 4) is 5.75 Å². The van der Waals surface area contributed by atoms with Crippen molar-refractivity contribution >= 4 is 16.2 Å². The molecule has 1 rings (SSSR count). The first-order valence-corrected chi connectivity index (χ1v) is 5.87. The van der Waals surface area contributed by atoms with Crippen LogP contribution in [-0.4, -0.2) is 20.1 Å². The lowest BCUT2D eigenvalue weighted by atomic mass is 10.2. The highest BCUT2D eigenvalue weighted by Gasteiger charge is 2.02. The molecular weight excluding hydrogens is 216 g/mol. The number of phenolic OH excluding ortho intramolecular Hbond substituents is 1. The van der Waals surface area contributed by atoms with E-state index >= 15 is 0 Å². The Hall–Kier alpha value is -1.33. The summed E-state index contributed by atoms with van der Waals surface area (Å²) in [4.78, 5) is 0. The lowest BCUT2D eigenvalue weighted by Crippen LogP contribution is -2.00. The fourth-order valence-electron chi connectivity index (χ4n) is 0.951. The minimum absolute atomic E-state index is 0.113. The highest BCUT2D eigenvalue weighted by Crippen LogP contribution is 2.11. The van der Waals surface area contributed by atoms with E-state index in [1.807, 2.05) is 0 Å². The van der Waals surface area contributed by atoms with Crippen molar-refractivity contribution in [3.63, 3.8) is 0 Å². The summed E-state index contributed by atoms with van der Waals surface area (Å²) in [6, 6.07) is 6.17. The van der Waals surface area contributed by atoms with Crippen molar-refractivity contribution in [1.82, 2.24) is 0 Å². The van der Waals surface area contributed by atoms with E-state index in [4.69, 9.17) is 5.11 Å². The molecule has 0 aliphatic rings. The lowest BCUT2D eigenvalue weighted by molar-refractivity contribution is 0.345. The largest absolute Gasteiger partial charge is 0.508 e. The van der Waals surface area contributed by atoms with E-state index < -0.39 is 10.1 Å². The SMILES string of the molecule is CCOS(=O)(=O)/C=C/c1ccc(O)cc1. The Kier molecular flexibility index (Phi) is 3.88. The maximum Gasteiger partial charge on any atom is 0.290 e. The minimum atomic E-state index is -3.58. The van der Waals surface area contributed by atoms with E-state index in [2.05, 4.69) is 4.18 Å². The van der Waals surface area contributed by atoms with Gasteiger partial charge < -0.3 is 5.11 Å². The molecule has 4 nitrogen and oxygen atoms in total. The van der Waals surface area contributed by atoms with Gasteiger partial charge in [0.1, 0.15) is 5.75 Å². The van der Waals surface area contributed by atoms with Crippen LogP contribution in [0.15, 0.2) is 29.7 Å². The third-order valence-corrected chi connectivity index (χ3v) is 2.64. The van der Waals surface area contributed by atoms with Gasteiger partial charge in [-0.2, -0.15) is 8.42 Å². The minimum Gasteiger partial charge on any atom is -0.508 e. The topological polar surface area (TPSA) is 63.6 Å². The van der Waals surface area contributed by atoms with E-state index in [0.717, 1.165) is 5.41 Å². The summed E-state index contributed by atoms with van der Waals surface area (Å²) in [6.45, 7) is 1.72. The van der Waals surface area contributed by atoms with Gasteiger partial charge in [0, 0.05) is 0 Å². The molecule has 0 aliphatic heterocycles. The molecule has 1 aromatic carbocycles. The second-order valence-electron chi connectivity index (χ2n) is 2.79. The highest BCUT2D eigenvalue weighted by atomic mass is 32.2. The molecule has 5 heteroatoms. The Morgan fingerprint density at radius 2 is 1.93 bits per heavy atom. The number of hydrogen-bond donors (Lipinski definition) is 1. The maximum absolute atomic E-state index is 11.1. The van der Waals surface area contributed by atoms with Crippen LogP contribution < -0.4 is 0 Å². The zero-order valence-corrected chi connectivity index (χ0v) is 9.07. The zero-order chi connectivity index (χ0) is 11.3. The van der Waals surface area contributed by atoms with Crippen molar-refractivity contribution < 1.29 is 17.7 Å². The molecule has 0 unspecified atom stereocenters. The van der Waals surface area contributed by atoms with E-state index in [9.17, 15) is 8.42 Å². The predicted octanol–water partition coefficient (Wildman–Crippen LogP) is 1.73. The molecule has 0 saturated carbocycles. The predicted molar refractivity (Wildman–Crippen MR) is 57.7 cm³/mol. The number of aromatic hydroxyl groups is 1. The molecule has 1 aromatic rings.